The number of carboxylic acids is 1. The van der Waals surface area contributed by atoms with Crippen molar-refractivity contribution < 1.29 is 9.90 Å². The first kappa shape index (κ1) is 16.2. The maximum absolute atomic E-state index is 10.9. The van der Waals surface area contributed by atoms with Crippen LogP contribution >= 0.6 is 15.9 Å². The van der Waals surface area contributed by atoms with E-state index < -0.39 is 5.97 Å². The predicted octanol–water partition coefficient (Wildman–Crippen LogP) is 2.29. The zero-order chi connectivity index (χ0) is 14.6. The van der Waals surface area contributed by atoms with E-state index in [1.807, 2.05) is 16.6 Å². The number of nitrogens with zero attached hydrogens (tertiary/aromatic N) is 3. The summed E-state index contributed by atoms with van der Waals surface area (Å²) in [6.07, 6.45) is 0.859. The largest absolute Gasteiger partial charge is 0.480 e. The van der Waals surface area contributed by atoms with Gasteiger partial charge in [-0.25, -0.2) is 0 Å². The van der Waals surface area contributed by atoms with Crippen LogP contribution in [0.4, 0.5) is 0 Å². The minimum Gasteiger partial charge on any atom is -0.480 e. The maximum atomic E-state index is 10.9. The van der Waals surface area contributed by atoms with E-state index in [2.05, 4.69) is 41.8 Å². The summed E-state index contributed by atoms with van der Waals surface area (Å²) in [5.74, 6) is -0.369. The SMILES string of the molecule is CCc1nn(C)c(CN(CC(=O)O)CC(C)C)c1Br. The lowest BCUT2D eigenvalue weighted by atomic mass is 10.2. The van der Waals surface area contributed by atoms with Gasteiger partial charge in [0.2, 0.25) is 0 Å². The molecule has 0 aliphatic heterocycles. The standard InChI is InChI=1S/C13H22BrN3O2/c1-5-10-13(14)11(16(4)15-10)7-17(6-9(2)3)8-12(18)19/h9H,5-8H2,1-4H3,(H,18,19). The van der Waals surface area contributed by atoms with Gasteiger partial charge in [0.25, 0.3) is 0 Å². The van der Waals surface area contributed by atoms with Crippen LogP contribution in [0, 0.1) is 5.92 Å². The number of aromatic nitrogens is 2. The van der Waals surface area contributed by atoms with Gasteiger partial charge in [-0.3, -0.25) is 14.4 Å². The number of halogens is 1. The van der Waals surface area contributed by atoms with Gasteiger partial charge in [-0.2, -0.15) is 5.10 Å². The van der Waals surface area contributed by atoms with E-state index in [1.165, 1.54) is 0 Å². The van der Waals surface area contributed by atoms with E-state index in [-0.39, 0.29) is 6.54 Å². The van der Waals surface area contributed by atoms with Gasteiger partial charge in [0.15, 0.2) is 0 Å². The van der Waals surface area contributed by atoms with E-state index in [4.69, 9.17) is 5.11 Å². The first-order valence-electron chi connectivity index (χ1n) is 6.49. The Labute approximate surface area is 122 Å². The number of rotatable bonds is 7. The third-order valence-electron chi connectivity index (χ3n) is 2.86. The molecule has 0 aromatic carbocycles. The van der Waals surface area contributed by atoms with Crippen molar-refractivity contribution in [2.24, 2.45) is 13.0 Å². The van der Waals surface area contributed by atoms with Gasteiger partial charge in [-0.1, -0.05) is 20.8 Å². The summed E-state index contributed by atoms with van der Waals surface area (Å²) in [4.78, 5) is 12.9. The van der Waals surface area contributed by atoms with Crippen LogP contribution in [0.3, 0.4) is 0 Å². The van der Waals surface area contributed by atoms with Gasteiger partial charge in [0.1, 0.15) is 0 Å². The Bertz CT molecular complexity index is 443. The minimum atomic E-state index is -0.797. The van der Waals surface area contributed by atoms with Crippen LogP contribution in [0.2, 0.25) is 0 Å². The molecule has 1 aromatic rings. The molecule has 5 nitrogen and oxygen atoms in total. The fourth-order valence-corrected chi connectivity index (χ4v) is 2.84. The van der Waals surface area contributed by atoms with Crippen LogP contribution in [-0.4, -0.2) is 38.8 Å². The Balaban J connectivity index is 2.89. The molecule has 108 valence electrons. The molecular weight excluding hydrogens is 310 g/mol. The van der Waals surface area contributed by atoms with E-state index in [0.29, 0.717) is 12.5 Å². The number of hydrogen-bond acceptors (Lipinski definition) is 3. The van der Waals surface area contributed by atoms with Crippen LogP contribution in [0.25, 0.3) is 0 Å². The lowest BCUT2D eigenvalue weighted by Gasteiger charge is -2.22. The van der Waals surface area contributed by atoms with Gasteiger partial charge >= 0.3 is 5.97 Å². The molecule has 0 radical (unpaired) electrons. The third-order valence-corrected chi connectivity index (χ3v) is 3.77. The molecular formula is C13H22BrN3O2. The highest BCUT2D eigenvalue weighted by atomic mass is 79.9. The van der Waals surface area contributed by atoms with Gasteiger partial charge in [-0.05, 0) is 28.3 Å². The summed E-state index contributed by atoms with van der Waals surface area (Å²) in [5, 5.41) is 13.4. The van der Waals surface area contributed by atoms with Crippen molar-refractivity contribution >= 4 is 21.9 Å². The molecule has 0 saturated carbocycles. The third kappa shape index (κ3) is 4.62. The predicted molar refractivity (Wildman–Crippen MR) is 78.0 cm³/mol. The maximum Gasteiger partial charge on any atom is 0.317 e. The number of aliphatic carboxylic acids is 1. The summed E-state index contributed by atoms with van der Waals surface area (Å²) in [5.41, 5.74) is 2.04. The zero-order valence-electron chi connectivity index (χ0n) is 12.0. The van der Waals surface area contributed by atoms with Crippen LogP contribution < -0.4 is 0 Å². The average molecular weight is 332 g/mol. The van der Waals surface area contributed by atoms with Crippen molar-refractivity contribution in [3.05, 3.63) is 15.9 Å². The summed E-state index contributed by atoms with van der Waals surface area (Å²) < 4.78 is 2.83. The number of hydrogen-bond donors (Lipinski definition) is 1. The molecule has 1 heterocycles. The monoisotopic (exact) mass is 331 g/mol. The Morgan fingerprint density at radius 1 is 1.53 bits per heavy atom. The Morgan fingerprint density at radius 3 is 2.58 bits per heavy atom. The Morgan fingerprint density at radius 2 is 2.16 bits per heavy atom. The molecule has 0 aliphatic rings. The summed E-state index contributed by atoms with van der Waals surface area (Å²) in [7, 11) is 1.90. The van der Waals surface area contributed by atoms with Crippen molar-refractivity contribution in [2.45, 2.75) is 33.7 Å². The number of aryl methyl sites for hydroxylation is 2. The molecule has 0 fully saturated rings. The van der Waals surface area contributed by atoms with Gasteiger partial charge in [0, 0.05) is 20.1 Å². The molecule has 1 N–H and O–H groups in total. The molecule has 1 rings (SSSR count). The highest BCUT2D eigenvalue weighted by Crippen LogP contribution is 2.23. The lowest BCUT2D eigenvalue weighted by Crippen LogP contribution is -2.33. The van der Waals surface area contributed by atoms with Gasteiger partial charge in [-0.15, -0.1) is 0 Å². The van der Waals surface area contributed by atoms with Crippen molar-refractivity contribution in [2.75, 3.05) is 13.1 Å². The van der Waals surface area contributed by atoms with Crippen molar-refractivity contribution in [3.8, 4) is 0 Å². The second-order valence-corrected chi connectivity index (χ2v) is 5.93. The van der Waals surface area contributed by atoms with Crippen LogP contribution in [0.5, 0.6) is 0 Å². The molecule has 0 unspecified atom stereocenters. The molecule has 0 saturated heterocycles. The molecule has 6 heteroatoms. The summed E-state index contributed by atoms with van der Waals surface area (Å²) in [6, 6.07) is 0. The molecule has 0 bridgehead atoms. The van der Waals surface area contributed by atoms with Crippen LogP contribution in [-0.2, 0) is 24.8 Å². The second kappa shape index (κ2) is 7.05. The highest BCUT2D eigenvalue weighted by Gasteiger charge is 2.18. The molecule has 1 aromatic heterocycles. The van der Waals surface area contributed by atoms with Gasteiger partial charge in [0.05, 0.1) is 22.4 Å². The summed E-state index contributed by atoms with van der Waals surface area (Å²) in [6.45, 7) is 7.63. The normalized spacial score (nSPS) is 11.5. The van der Waals surface area contributed by atoms with E-state index >= 15 is 0 Å². The first-order valence-corrected chi connectivity index (χ1v) is 7.28. The topological polar surface area (TPSA) is 58.4 Å². The molecule has 0 spiro atoms. The number of carbonyl (C=O) groups is 1. The Kier molecular flexibility index (Phi) is 6.00. The zero-order valence-corrected chi connectivity index (χ0v) is 13.6. The van der Waals surface area contributed by atoms with E-state index in [9.17, 15) is 4.79 Å². The fourth-order valence-electron chi connectivity index (χ4n) is 2.10. The molecule has 0 amide bonds. The van der Waals surface area contributed by atoms with Crippen molar-refractivity contribution in [1.29, 1.82) is 0 Å². The van der Waals surface area contributed by atoms with Crippen LogP contribution in [0.15, 0.2) is 4.47 Å². The lowest BCUT2D eigenvalue weighted by molar-refractivity contribution is -0.138. The number of carboxylic acid groups (broad SMARTS) is 1. The van der Waals surface area contributed by atoms with Crippen molar-refractivity contribution in [1.82, 2.24) is 14.7 Å². The Hall–Kier alpha value is -0.880. The minimum absolute atomic E-state index is 0.0528. The fraction of sp³-hybridized carbons (Fsp3) is 0.692. The quantitative estimate of drug-likeness (QED) is 0.832. The average Bonchev–Trinajstić information content (AvgIpc) is 2.54. The van der Waals surface area contributed by atoms with Gasteiger partial charge < -0.3 is 5.11 Å². The molecule has 0 aliphatic carbocycles. The van der Waals surface area contributed by atoms with Crippen molar-refractivity contribution in [3.63, 3.8) is 0 Å². The second-order valence-electron chi connectivity index (χ2n) is 5.14. The smallest absolute Gasteiger partial charge is 0.317 e. The summed E-state index contributed by atoms with van der Waals surface area (Å²) >= 11 is 3.57. The van der Waals surface area contributed by atoms with E-state index in [1.54, 1.807) is 0 Å². The van der Waals surface area contributed by atoms with Crippen LogP contribution in [0.1, 0.15) is 32.2 Å². The molecule has 0 atom stereocenters. The molecule has 19 heavy (non-hydrogen) atoms. The highest BCUT2D eigenvalue weighted by molar-refractivity contribution is 9.10. The van der Waals surface area contributed by atoms with E-state index in [0.717, 1.165) is 28.8 Å². The first-order chi connectivity index (χ1) is 8.85.